The fourth-order valence-corrected chi connectivity index (χ4v) is 4.14. The second kappa shape index (κ2) is 8.39. The van der Waals surface area contributed by atoms with E-state index in [0.29, 0.717) is 36.8 Å². The molecule has 2 aromatic rings. The molecule has 6 nitrogen and oxygen atoms in total. The summed E-state index contributed by atoms with van der Waals surface area (Å²) in [6.45, 7) is 3.00. The zero-order valence-corrected chi connectivity index (χ0v) is 16.3. The predicted octanol–water partition coefficient (Wildman–Crippen LogP) is 3.00. The molecule has 0 spiro atoms. The van der Waals surface area contributed by atoms with E-state index in [1.165, 1.54) is 6.07 Å². The Bertz CT molecular complexity index is 816. The topological polar surface area (TPSA) is 62.5 Å². The number of amides is 1. The first-order chi connectivity index (χ1) is 13.6. The number of carbonyl (C=O) groups is 1. The summed E-state index contributed by atoms with van der Waals surface area (Å²) >= 11 is 0. The summed E-state index contributed by atoms with van der Waals surface area (Å²) in [4.78, 5) is 21.0. The molecule has 2 fully saturated rings. The van der Waals surface area contributed by atoms with Crippen molar-refractivity contribution >= 4 is 5.91 Å². The Morgan fingerprint density at radius 1 is 1.21 bits per heavy atom. The lowest BCUT2D eigenvalue weighted by atomic mass is 9.93. The Hall–Kier alpha value is -2.28. The van der Waals surface area contributed by atoms with Crippen LogP contribution in [0.3, 0.4) is 0 Å². The largest absolute Gasteiger partial charge is 0.339 e. The molecule has 0 bridgehead atoms. The predicted molar refractivity (Wildman–Crippen MR) is 102 cm³/mol. The second-order valence-corrected chi connectivity index (χ2v) is 8.10. The van der Waals surface area contributed by atoms with Crippen LogP contribution >= 0.6 is 0 Å². The van der Waals surface area contributed by atoms with Gasteiger partial charge in [-0.2, -0.15) is 4.98 Å². The molecule has 7 heteroatoms. The van der Waals surface area contributed by atoms with Crippen LogP contribution < -0.4 is 0 Å². The van der Waals surface area contributed by atoms with Crippen molar-refractivity contribution in [1.29, 1.82) is 0 Å². The minimum atomic E-state index is -0.282. The fraction of sp³-hybridized carbons (Fsp3) is 0.571. The molecule has 1 amide bonds. The number of halogens is 1. The van der Waals surface area contributed by atoms with Crippen LogP contribution in [0.5, 0.6) is 0 Å². The Morgan fingerprint density at radius 3 is 2.79 bits per heavy atom. The second-order valence-electron chi connectivity index (χ2n) is 8.10. The van der Waals surface area contributed by atoms with E-state index in [-0.39, 0.29) is 24.2 Å². The van der Waals surface area contributed by atoms with Crippen LogP contribution in [0, 0.1) is 11.7 Å². The van der Waals surface area contributed by atoms with Crippen molar-refractivity contribution in [1.82, 2.24) is 19.9 Å². The number of likely N-dealkylation sites (tertiary alicyclic amines) is 2. The van der Waals surface area contributed by atoms with Crippen molar-refractivity contribution in [3.05, 3.63) is 47.4 Å². The van der Waals surface area contributed by atoms with E-state index in [0.717, 1.165) is 38.2 Å². The lowest BCUT2D eigenvalue weighted by Crippen LogP contribution is -2.38. The summed E-state index contributed by atoms with van der Waals surface area (Å²) in [5, 5.41) is 4.18. The minimum Gasteiger partial charge on any atom is -0.339 e. The molecule has 0 aliphatic carbocycles. The molecule has 150 valence electrons. The van der Waals surface area contributed by atoms with E-state index in [1.54, 1.807) is 23.1 Å². The summed E-state index contributed by atoms with van der Waals surface area (Å²) in [5.41, 5.74) is 0.532. The lowest BCUT2D eigenvalue weighted by Gasteiger charge is -2.31. The molecule has 1 aromatic carbocycles. The monoisotopic (exact) mass is 386 g/mol. The third-order valence-electron chi connectivity index (χ3n) is 5.96. The van der Waals surface area contributed by atoms with Crippen LogP contribution in [0.2, 0.25) is 0 Å². The normalized spacial score (nSPS) is 22.0. The van der Waals surface area contributed by atoms with Gasteiger partial charge in [-0.15, -0.1) is 0 Å². The number of nitrogens with zero attached hydrogens (tertiary/aromatic N) is 4. The van der Waals surface area contributed by atoms with Gasteiger partial charge in [0.25, 0.3) is 0 Å². The molecule has 2 saturated heterocycles. The zero-order chi connectivity index (χ0) is 19.5. The van der Waals surface area contributed by atoms with Crippen molar-refractivity contribution in [3.8, 4) is 0 Å². The maximum Gasteiger partial charge on any atom is 0.231 e. The number of aromatic nitrogens is 2. The Kier molecular flexibility index (Phi) is 5.71. The first kappa shape index (κ1) is 19.1. The zero-order valence-electron chi connectivity index (χ0n) is 16.3. The van der Waals surface area contributed by atoms with E-state index in [1.807, 2.05) is 0 Å². The van der Waals surface area contributed by atoms with Gasteiger partial charge in [0.1, 0.15) is 5.82 Å². The fourth-order valence-electron chi connectivity index (χ4n) is 4.14. The van der Waals surface area contributed by atoms with Crippen LogP contribution in [0.1, 0.15) is 48.9 Å². The number of rotatable bonds is 5. The molecular formula is C21H27FN4O2. The highest BCUT2D eigenvalue weighted by Crippen LogP contribution is 2.28. The van der Waals surface area contributed by atoms with Gasteiger partial charge in [0.05, 0.1) is 5.92 Å². The number of piperidine rings is 2. The van der Waals surface area contributed by atoms with Gasteiger partial charge in [-0.1, -0.05) is 23.4 Å². The highest BCUT2D eigenvalue weighted by molar-refractivity contribution is 5.77. The van der Waals surface area contributed by atoms with Crippen LogP contribution in [-0.2, 0) is 17.8 Å². The maximum atomic E-state index is 14.0. The summed E-state index contributed by atoms with van der Waals surface area (Å²) in [6.07, 6.45) is 4.29. The van der Waals surface area contributed by atoms with Crippen LogP contribution in [-0.4, -0.2) is 52.5 Å². The molecule has 2 aliphatic rings. The standard InChI is InChI=1S/C21H27FN4O2/c1-25-10-8-15(9-11-25)12-19-23-21(28-24-19)17-6-7-20(27)26(14-17)13-16-4-2-3-5-18(16)22/h2-5,15,17H,6-14H2,1H3. The summed E-state index contributed by atoms with van der Waals surface area (Å²) in [6, 6.07) is 6.59. The number of benzene rings is 1. The molecule has 3 heterocycles. The van der Waals surface area contributed by atoms with E-state index < -0.39 is 0 Å². The van der Waals surface area contributed by atoms with Gasteiger partial charge in [0, 0.05) is 31.5 Å². The Balaban J connectivity index is 1.38. The molecule has 0 saturated carbocycles. The average molecular weight is 386 g/mol. The quantitative estimate of drug-likeness (QED) is 0.791. The average Bonchev–Trinajstić information content (AvgIpc) is 3.15. The van der Waals surface area contributed by atoms with E-state index in [4.69, 9.17) is 4.52 Å². The smallest absolute Gasteiger partial charge is 0.231 e. The van der Waals surface area contributed by atoms with E-state index in [9.17, 15) is 9.18 Å². The first-order valence-electron chi connectivity index (χ1n) is 10.1. The van der Waals surface area contributed by atoms with Crippen molar-refractivity contribution in [2.75, 3.05) is 26.7 Å². The van der Waals surface area contributed by atoms with Crippen LogP contribution in [0.25, 0.3) is 0 Å². The van der Waals surface area contributed by atoms with Crippen LogP contribution in [0.15, 0.2) is 28.8 Å². The molecule has 0 radical (unpaired) electrons. The Morgan fingerprint density at radius 2 is 2.00 bits per heavy atom. The first-order valence-corrected chi connectivity index (χ1v) is 10.1. The van der Waals surface area contributed by atoms with Gasteiger partial charge in [0.15, 0.2) is 5.82 Å². The molecule has 1 atom stereocenters. The van der Waals surface area contributed by atoms with Gasteiger partial charge in [-0.05, 0) is 51.4 Å². The van der Waals surface area contributed by atoms with Crippen molar-refractivity contribution in [2.24, 2.45) is 5.92 Å². The Labute approximate surface area is 164 Å². The van der Waals surface area contributed by atoms with Gasteiger partial charge in [-0.25, -0.2) is 4.39 Å². The summed E-state index contributed by atoms with van der Waals surface area (Å²) in [7, 11) is 2.15. The van der Waals surface area contributed by atoms with Crippen molar-refractivity contribution in [2.45, 2.75) is 44.6 Å². The lowest BCUT2D eigenvalue weighted by molar-refractivity contribution is -0.134. The highest BCUT2D eigenvalue weighted by atomic mass is 19.1. The minimum absolute atomic E-state index is 0.0169. The molecule has 28 heavy (non-hydrogen) atoms. The summed E-state index contributed by atoms with van der Waals surface area (Å²) < 4.78 is 19.5. The van der Waals surface area contributed by atoms with Crippen molar-refractivity contribution in [3.63, 3.8) is 0 Å². The van der Waals surface area contributed by atoms with E-state index in [2.05, 4.69) is 22.1 Å². The van der Waals surface area contributed by atoms with E-state index >= 15 is 0 Å². The van der Waals surface area contributed by atoms with Gasteiger partial charge >= 0.3 is 0 Å². The molecule has 0 N–H and O–H groups in total. The highest BCUT2D eigenvalue weighted by Gasteiger charge is 2.31. The third-order valence-corrected chi connectivity index (χ3v) is 5.96. The maximum absolute atomic E-state index is 14.0. The van der Waals surface area contributed by atoms with Crippen molar-refractivity contribution < 1.29 is 13.7 Å². The van der Waals surface area contributed by atoms with Crippen LogP contribution in [0.4, 0.5) is 4.39 Å². The molecule has 1 aromatic heterocycles. The summed E-state index contributed by atoms with van der Waals surface area (Å²) in [5.74, 6) is 1.76. The number of carbonyl (C=O) groups excluding carboxylic acids is 1. The SMILES string of the molecule is CN1CCC(Cc2noc(C3CCC(=O)N(Cc4ccccc4F)C3)n2)CC1. The molecule has 1 unspecified atom stereocenters. The molecule has 4 rings (SSSR count). The van der Waals surface area contributed by atoms with Gasteiger partial charge < -0.3 is 14.3 Å². The number of hydrogen-bond donors (Lipinski definition) is 0. The third kappa shape index (κ3) is 4.41. The molecule has 2 aliphatic heterocycles. The van der Waals surface area contributed by atoms with Gasteiger partial charge in [-0.3, -0.25) is 4.79 Å². The number of hydrogen-bond acceptors (Lipinski definition) is 5. The van der Waals surface area contributed by atoms with Gasteiger partial charge in [0.2, 0.25) is 11.8 Å². The molecular weight excluding hydrogens is 359 g/mol.